The predicted molar refractivity (Wildman–Crippen MR) is 81.5 cm³/mol. The van der Waals surface area contributed by atoms with Gasteiger partial charge in [-0.25, -0.2) is 0 Å². The molecule has 114 valence electrons. The van der Waals surface area contributed by atoms with Crippen molar-refractivity contribution in [3.63, 3.8) is 0 Å². The zero-order valence-corrected chi connectivity index (χ0v) is 13.4. The molecule has 0 amide bonds. The Morgan fingerprint density at radius 3 is 2.16 bits per heavy atom. The minimum Gasteiger partial charge on any atom is -0.394 e. The molecule has 19 heavy (non-hydrogen) atoms. The lowest BCUT2D eigenvalue weighted by Gasteiger charge is -2.42. The van der Waals surface area contributed by atoms with E-state index < -0.39 is 0 Å². The zero-order valence-electron chi connectivity index (χ0n) is 13.4. The SMILES string of the molecule is CCC(C)N1CCN(CC(C)(CO)NC(C)C)CC1. The predicted octanol–water partition coefficient (Wildman–Crippen LogP) is 1.15. The quantitative estimate of drug-likeness (QED) is 0.729. The Balaban J connectivity index is 2.42. The Labute approximate surface area is 119 Å². The molecule has 2 atom stereocenters. The minimum absolute atomic E-state index is 0.188. The molecule has 0 aromatic heterocycles. The third-order valence-electron chi connectivity index (χ3n) is 4.18. The molecule has 0 aromatic carbocycles. The van der Waals surface area contributed by atoms with Crippen LogP contribution in [0, 0.1) is 0 Å². The molecular weight excluding hydrogens is 238 g/mol. The number of hydrogen-bond donors (Lipinski definition) is 2. The fourth-order valence-corrected chi connectivity index (χ4v) is 2.95. The van der Waals surface area contributed by atoms with Crippen molar-refractivity contribution >= 4 is 0 Å². The summed E-state index contributed by atoms with van der Waals surface area (Å²) in [6.07, 6.45) is 1.23. The van der Waals surface area contributed by atoms with Crippen molar-refractivity contribution in [3.05, 3.63) is 0 Å². The molecule has 0 radical (unpaired) electrons. The van der Waals surface area contributed by atoms with Crippen LogP contribution in [0.15, 0.2) is 0 Å². The standard InChI is InChI=1S/C15H33N3O/c1-6-14(4)18-9-7-17(8-10-18)11-15(5,12-19)16-13(2)3/h13-14,16,19H,6-12H2,1-5H3. The molecule has 1 fully saturated rings. The van der Waals surface area contributed by atoms with Gasteiger partial charge < -0.3 is 10.4 Å². The Morgan fingerprint density at radius 2 is 1.74 bits per heavy atom. The van der Waals surface area contributed by atoms with Crippen LogP contribution in [0.2, 0.25) is 0 Å². The first-order valence-corrected chi connectivity index (χ1v) is 7.75. The van der Waals surface area contributed by atoms with Gasteiger partial charge in [0.1, 0.15) is 0 Å². The molecule has 4 heteroatoms. The normalized spacial score (nSPS) is 23.5. The zero-order chi connectivity index (χ0) is 14.5. The van der Waals surface area contributed by atoms with Crippen LogP contribution in [0.4, 0.5) is 0 Å². The lowest BCUT2D eigenvalue weighted by Crippen LogP contribution is -2.59. The van der Waals surface area contributed by atoms with Gasteiger partial charge in [-0.05, 0) is 20.3 Å². The summed E-state index contributed by atoms with van der Waals surface area (Å²) in [5.41, 5.74) is -0.188. The molecule has 2 unspecified atom stereocenters. The van der Waals surface area contributed by atoms with Crippen molar-refractivity contribution in [3.8, 4) is 0 Å². The van der Waals surface area contributed by atoms with Crippen LogP contribution in [0.25, 0.3) is 0 Å². The summed E-state index contributed by atoms with van der Waals surface area (Å²) in [5, 5.41) is 13.1. The molecule has 1 aliphatic heterocycles. The molecule has 2 N–H and O–H groups in total. The summed E-state index contributed by atoms with van der Waals surface area (Å²) in [7, 11) is 0. The molecule has 1 saturated heterocycles. The summed E-state index contributed by atoms with van der Waals surface area (Å²) in [4.78, 5) is 5.05. The van der Waals surface area contributed by atoms with Gasteiger partial charge in [0.2, 0.25) is 0 Å². The highest BCUT2D eigenvalue weighted by molar-refractivity contribution is 4.89. The summed E-state index contributed by atoms with van der Waals surface area (Å²) < 4.78 is 0. The van der Waals surface area contributed by atoms with E-state index in [-0.39, 0.29) is 12.1 Å². The summed E-state index contributed by atoms with van der Waals surface area (Å²) in [6, 6.07) is 1.10. The first-order chi connectivity index (χ1) is 8.90. The minimum atomic E-state index is -0.188. The van der Waals surface area contributed by atoms with Gasteiger partial charge in [0.05, 0.1) is 12.1 Å². The Morgan fingerprint density at radius 1 is 1.16 bits per heavy atom. The second-order valence-corrected chi connectivity index (χ2v) is 6.59. The van der Waals surface area contributed by atoms with E-state index in [1.165, 1.54) is 6.42 Å². The van der Waals surface area contributed by atoms with E-state index in [0.717, 1.165) is 32.7 Å². The van der Waals surface area contributed by atoms with Crippen LogP contribution < -0.4 is 5.32 Å². The van der Waals surface area contributed by atoms with Crippen molar-refractivity contribution in [2.24, 2.45) is 0 Å². The maximum absolute atomic E-state index is 9.64. The van der Waals surface area contributed by atoms with E-state index in [4.69, 9.17) is 0 Å². The van der Waals surface area contributed by atoms with E-state index >= 15 is 0 Å². The largest absolute Gasteiger partial charge is 0.394 e. The van der Waals surface area contributed by atoms with Gasteiger partial charge in [0.25, 0.3) is 0 Å². The van der Waals surface area contributed by atoms with E-state index in [0.29, 0.717) is 12.1 Å². The first-order valence-electron chi connectivity index (χ1n) is 7.75. The number of nitrogens with one attached hydrogen (secondary N) is 1. The average Bonchev–Trinajstić information content (AvgIpc) is 2.37. The average molecular weight is 271 g/mol. The number of piperazine rings is 1. The molecule has 0 aliphatic carbocycles. The lowest BCUT2D eigenvalue weighted by molar-refractivity contribution is 0.0606. The second-order valence-electron chi connectivity index (χ2n) is 6.59. The third kappa shape index (κ3) is 5.38. The van der Waals surface area contributed by atoms with Gasteiger partial charge in [-0.2, -0.15) is 0 Å². The van der Waals surface area contributed by atoms with Crippen molar-refractivity contribution in [1.29, 1.82) is 0 Å². The number of aliphatic hydroxyl groups is 1. The van der Waals surface area contributed by atoms with Crippen molar-refractivity contribution in [1.82, 2.24) is 15.1 Å². The molecule has 1 aliphatic rings. The number of aliphatic hydroxyl groups excluding tert-OH is 1. The second kappa shape index (κ2) is 7.58. The molecule has 0 spiro atoms. The van der Waals surface area contributed by atoms with E-state index in [9.17, 15) is 5.11 Å². The van der Waals surface area contributed by atoms with Gasteiger partial charge in [-0.3, -0.25) is 9.80 Å². The van der Waals surface area contributed by atoms with E-state index in [2.05, 4.69) is 49.7 Å². The fraction of sp³-hybridized carbons (Fsp3) is 1.00. The number of hydrogen-bond acceptors (Lipinski definition) is 4. The van der Waals surface area contributed by atoms with Crippen molar-refractivity contribution in [2.75, 3.05) is 39.3 Å². The topological polar surface area (TPSA) is 38.7 Å². The molecule has 1 rings (SSSR count). The van der Waals surface area contributed by atoms with Crippen LogP contribution in [0.3, 0.4) is 0 Å². The Hall–Kier alpha value is -0.160. The van der Waals surface area contributed by atoms with Crippen LogP contribution in [0.1, 0.15) is 41.0 Å². The molecule has 4 nitrogen and oxygen atoms in total. The van der Waals surface area contributed by atoms with Crippen LogP contribution in [-0.2, 0) is 0 Å². The number of rotatable bonds is 7. The highest BCUT2D eigenvalue weighted by Crippen LogP contribution is 2.13. The summed E-state index contributed by atoms with van der Waals surface area (Å²) in [5.74, 6) is 0. The third-order valence-corrected chi connectivity index (χ3v) is 4.18. The molecule has 0 aromatic rings. The highest BCUT2D eigenvalue weighted by atomic mass is 16.3. The molecule has 1 heterocycles. The molecule has 0 saturated carbocycles. The summed E-state index contributed by atoms with van der Waals surface area (Å²) >= 11 is 0. The Kier molecular flexibility index (Phi) is 6.74. The van der Waals surface area contributed by atoms with Crippen LogP contribution in [0.5, 0.6) is 0 Å². The monoisotopic (exact) mass is 271 g/mol. The van der Waals surface area contributed by atoms with E-state index in [1.807, 2.05) is 0 Å². The fourth-order valence-electron chi connectivity index (χ4n) is 2.95. The maximum Gasteiger partial charge on any atom is 0.0623 e. The van der Waals surface area contributed by atoms with Crippen molar-refractivity contribution < 1.29 is 5.11 Å². The van der Waals surface area contributed by atoms with Crippen LogP contribution >= 0.6 is 0 Å². The van der Waals surface area contributed by atoms with Crippen molar-refractivity contribution in [2.45, 2.75) is 58.7 Å². The van der Waals surface area contributed by atoms with Gasteiger partial charge in [-0.1, -0.05) is 20.8 Å². The lowest BCUT2D eigenvalue weighted by atomic mass is 10.0. The van der Waals surface area contributed by atoms with Crippen LogP contribution in [-0.4, -0.2) is 71.9 Å². The van der Waals surface area contributed by atoms with Gasteiger partial charge in [0, 0.05) is 44.8 Å². The maximum atomic E-state index is 9.64. The van der Waals surface area contributed by atoms with Gasteiger partial charge in [0.15, 0.2) is 0 Å². The smallest absolute Gasteiger partial charge is 0.0623 e. The van der Waals surface area contributed by atoms with E-state index in [1.54, 1.807) is 0 Å². The molecular formula is C15H33N3O. The highest BCUT2D eigenvalue weighted by Gasteiger charge is 2.29. The first kappa shape index (κ1) is 16.9. The molecule has 0 bridgehead atoms. The number of nitrogens with zero attached hydrogens (tertiary/aromatic N) is 2. The Bertz CT molecular complexity index is 252. The summed E-state index contributed by atoms with van der Waals surface area (Å²) in [6.45, 7) is 16.6. The van der Waals surface area contributed by atoms with Gasteiger partial charge >= 0.3 is 0 Å². The van der Waals surface area contributed by atoms with Gasteiger partial charge in [-0.15, -0.1) is 0 Å².